The molecule has 174 valence electrons. The van der Waals surface area contributed by atoms with E-state index < -0.39 is 29.1 Å². The van der Waals surface area contributed by atoms with Gasteiger partial charge in [0.25, 0.3) is 11.5 Å². The molecule has 4 aromatic rings. The van der Waals surface area contributed by atoms with Crippen molar-refractivity contribution in [3.8, 4) is 11.8 Å². The number of amides is 1. The summed E-state index contributed by atoms with van der Waals surface area (Å²) >= 11 is 0. The number of benzene rings is 2. The van der Waals surface area contributed by atoms with Gasteiger partial charge < -0.3 is 10.4 Å². The van der Waals surface area contributed by atoms with Gasteiger partial charge in [0.2, 0.25) is 0 Å². The number of nitrogens with one attached hydrogen (secondary N) is 1. The first-order valence-corrected chi connectivity index (χ1v) is 10.2. The topological polar surface area (TPSA) is 114 Å². The van der Waals surface area contributed by atoms with Crippen molar-refractivity contribution in [2.45, 2.75) is 6.54 Å². The van der Waals surface area contributed by atoms with E-state index in [1.54, 1.807) is 18.2 Å². The van der Waals surface area contributed by atoms with Crippen molar-refractivity contribution in [1.82, 2.24) is 19.9 Å². The molecule has 2 N–H and O–H groups in total. The van der Waals surface area contributed by atoms with Crippen LogP contribution in [-0.4, -0.2) is 38.1 Å². The van der Waals surface area contributed by atoms with E-state index in [4.69, 9.17) is 5.11 Å². The fraction of sp³-hybridized carbons (Fsp3) is 0.0800. The molecule has 0 spiro atoms. The number of carbonyl (C=O) groups is 2. The summed E-state index contributed by atoms with van der Waals surface area (Å²) in [6.07, 6.45) is 3.59. The highest BCUT2D eigenvalue weighted by Crippen LogP contribution is 2.15. The van der Waals surface area contributed by atoms with Gasteiger partial charge in [-0.05, 0) is 42.0 Å². The zero-order valence-corrected chi connectivity index (χ0v) is 18.0. The quantitative estimate of drug-likeness (QED) is 0.430. The number of hydrogen-bond donors (Lipinski definition) is 2. The molecule has 0 aliphatic heterocycles. The number of fused-ring (bicyclic) bond motifs is 1. The van der Waals surface area contributed by atoms with Crippen LogP contribution in [-0.2, 0) is 6.54 Å². The first kappa shape index (κ1) is 23.3. The minimum Gasteiger partial charge on any atom is -0.478 e. The highest BCUT2D eigenvalue weighted by atomic mass is 19.2. The van der Waals surface area contributed by atoms with E-state index in [1.807, 2.05) is 0 Å². The molecule has 0 aliphatic rings. The molecule has 0 atom stereocenters. The van der Waals surface area contributed by atoms with E-state index in [9.17, 15) is 23.2 Å². The molecule has 0 fully saturated rings. The molecule has 4 rings (SSSR count). The maximum absolute atomic E-state index is 13.4. The van der Waals surface area contributed by atoms with E-state index in [0.717, 1.165) is 22.9 Å². The summed E-state index contributed by atoms with van der Waals surface area (Å²) in [5.41, 5.74) is 0.719. The minimum absolute atomic E-state index is 0.0570. The van der Waals surface area contributed by atoms with Crippen molar-refractivity contribution in [1.29, 1.82) is 0 Å². The van der Waals surface area contributed by atoms with Crippen LogP contribution in [0.1, 0.15) is 31.8 Å². The Morgan fingerprint density at radius 2 is 1.89 bits per heavy atom. The third-order valence-corrected chi connectivity index (χ3v) is 4.98. The van der Waals surface area contributed by atoms with Gasteiger partial charge in [0, 0.05) is 23.3 Å². The van der Waals surface area contributed by atoms with Crippen molar-refractivity contribution in [2.75, 3.05) is 6.54 Å². The maximum atomic E-state index is 13.4. The van der Waals surface area contributed by atoms with Crippen LogP contribution in [0.5, 0.6) is 0 Å². The van der Waals surface area contributed by atoms with Gasteiger partial charge in [-0.15, -0.1) is 0 Å². The number of aromatic carboxylic acids is 1. The summed E-state index contributed by atoms with van der Waals surface area (Å²) < 4.78 is 27.7. The first-order chi connectivity index (χ1) is 16.8. The fourth-order valence-corrected chi connectivity index (χ4v) is 3.25. The number of carboxylic acids is 1. The first-order valence-electron chi connectivity index (χ1n) is 10.2. The summed E-state index contributed by atoms with van der Waals surface area (Å²) in [4.78, 5) is 44.2. The van der Waals surface area contributed by atoms with Gasteiger partial charge in [0.05, 0.1) is 30.5 Å². The lowest BCUT2D eigenvalue weighted by molar-refractivity contribution is 0.0696. The number of halogens is 2. The predicted octanol–water partition coefficient (Wildman–Crippen LogP) is 2.60. The Morgan fingerprint density at radius 1 is 1.06 bits per heavy atom. The molecule has 2 aromatic heterocycles. The van der Waals surface area contributed by atoms with Crippen LogP contribution in [0.15, 0.2) is 66.0 Å². The Labute approximate surface area is 196 Å². The van der Waals surface area contributed by atoms with Gasteiger partial charge in [0.1, 0.15) is 5.56 Å². The number of aromatic nitrogens is 3. The molecule has 0 saturated heterocycles. The van der Waals surface area contributed by atoms with Crippen LogP contribution in [0.25, 0.3) is 10.9 Å². The van der Waals surface area contributed by atoms with E-state index >= 15 is 0 Å². The van der Waals surface area contributed by atoms with E-state index in [1.165, 1.54) is 24.7 Å². The average molecular weight is 474 g/mol. The molecular formula is C25H16F2N4O4. The van der Waals surface area contributed by atoms with E-state index in [0.29, 0.717) is 22.0 Å². The largest absolute Gasteiger partial charge is 0.478 e. The summed E-state index contributed by atoms with van der Waals surface area (Å²) in [7, 11) is 0. The zero-order chi connectivity index (χ0) is 24.9. The third-order valence-electron chi connectivity index (χ3n) is 4.98. The molecule has 8 nitrogen and oxygen atoms in total. The minimum atomic E-state index is -1.09. The number of hydrogen-bond acceptors (Lipinski definition) is 5. The molecule has 0 aliphatic carbocycles. The van der Waals surface area contributed by atoms with Crippen LogP contribution in [0.4, 0.5) is 8.78 Å². The maximum Gasteiger partial charge on any atom is 0.337 e. The lowest BCUT2D eigenvalue weighted by Gasteiger charge is -2.08. The van der Waals surface area contributed by atoms with Crippen LogP contribution >= 0.6 is 0 Å². The SMILES string of the molecule is O=C(O)c1cnc2ccc(C#CCNC(=O)c3cncn(Cc4ccc(F)c(F)c4)c3=O)cc2c1. The second kappa shape index (κ2) is 9.93. The highest BCUT2D eigenvalue weighted by Gasteiger charge is 2.13. The Balaban J connectivity index is 1.44. The van der Waals surface area contributed by atoms with Crippen molar-refractivity contribution in [3.63, 3.8) is 0 Å². The van der Waals surface area contributed by atoms with Crippen molar-refractivity contribution in [3.05, 3.63) is 105 Å². The smallest absolute Gasteiger partial charge is 0.337 e. The summed E-state index contributed by atoms with van der Waals surface area (Å²) in [5, 5.41) is 12.2. The third kappa shape index (κ3) is 5.36. The van der Waals surface area contributed by atoms with E-state index in [-0.39, 0.29) is 24.2 Å². The van der Waals surface area contributed by atoms with Crippen LogP contribution in [0.3, 0.4) is 0 Å². The van der Waals surface area contributed by atoms with Crippen molar-refractivity contribution in [2.24, 2.45) is 0 Å². The monoisotopic (exact) mass is 474 g/mol. The predicted molar refractivity (Wildman–Crippen MR) is 122 cm³/mol. The van der Waals surface area contributed by atoms with Gasteiger partial charge in [-0.3, -0.25) is 19.1 Å². The Bertz CT molecular complexity index is 1590. The van der Waals surface area contributed by atoms with Gasteiger partial charge in [-0.1, -0.05) is 17.9 Å². The van der Waals surface area contributed by atoms with Crippen LogP contribution < -0.4 is 10.9 Å². The molecule has 10 heteroatoms. The second-order valence-corrected chi connectivity index (χ2v) is 7.41. The van der Waals surface area contributed by atoms with Gasteiger partial charge >= 0.3 is 5.97 Å². The van der Waals surface area contributed by atoms with Crippen LogP contribution in [0, 0.1) is 23.5 Å². The number of carbonyl (C=O) groups excluding carboxylic acids is 1. The van der Waals surface area contributed by atoms with Gasteiger partial charge in [0.15, 0.2) is 11.6 Å². The number of pyridine rings is 1. The number of carboxylic acid groups (broad SMARTS) is 1. The van der Waals surface area contributed by atoms with Gasteiger partial charge in [-0.25, -0.2) is 18.6 Å². The molecule has 2 aromatic carbocycles. The number of rotatable bonds is 5. The second-order valence-electron chi connectivity index (χ2n) is 7.41. The fourth-order valence-electron chi connectivity index (χ4n) is 3.25. The summed E-state index contributed by atoms with van der Waals surface area (Å²) in [6.45, 7) is -0.161. The molecule has 0 bridgehead atoms. The lowest BCUT2D eigenvalue weighted by atomic mass is 10.1. The van der Waals surface area contributed by atoms with Crippen molar-refractivity contribution >= 4 is 22.8 Å². The Kier molecular flexibility index (Phi) is 6.59. The normalized spacial score (nSPS) is 10.5. The molecule has 1 amide bonds. The molecule has 0 unspecified atom stereocenters. The zero-order valence-electron chi connectivity index (χ0n) is 18.0. The molecule has 35 heavy (non-hydrogen) atoms. The van der Waals surface area contributed by atoms with E-state index in [2.05, 4.69) is 27.1 Å². The van der Waals surface area contributed by atoms with Gasteiger partial charge in [-0.2, -0.15) is 0 Å². The summed E-state index contributed by atoms with van der Waals surface area (Å²) in [5.74, 6) is 1.80. The number of nitrogens with zero attached hydrogens (tertiary/aromatic N) is 3. The molecule has 0 saturated carbocycles. The molecule has 0 radical (unpaired) electrons. The Morgan fingerprint density at radius 3 is 2.66 bits per heavy atom. The van der Waals surface area contributed by atoms with Crippen LogP contribution in [0.2, 0.25) is 0 Å². The average Bonchev–Trinajstić information content (AvgIpc) is 2.84. The standard InChI is InChI=1S/C25H16F2N4O4/c26-20-5-3-16(9-21(20)27)13-31-14-28-12-19(24(31)33)23(32)29-7-1-2-15-4-6-22-17(8-15)10-18(11-30-22)25(34)35/h3-6,8-12,14H,7,13H2,(H,29,32)(H,34,35). The molecule has 2 heterocycles. The lowest BCUT2D eigenvalue weighted by Crippen LogP contribution is -2.33. The molecular weight excluding hydrogens is 458 g/mol. The summed E-state index contributed by atoms with van der Waals surface area (Å²) in [6, 6.07) is 9.84. The highest BCUT2D eigenvalue weighted by molar-refractivity contribution is 5.94. The Hall–Kier alpha value is -4.91. The van der Waals surface area contributed by atoms with Crippen molar-refractivity contribution < 1.29 is 23.5 Å².